The SMILES string of the molecule is CNCC(=O)c1ccc(C)c(Cl)c1. The predicted octanol–water partition coefficient (Wildman–Crippen LogP) is 2.05. The number of hydrogen-bond acceptors (Lipinski definition) is 2. The highest BCUT2D eigenvalue weighted by Crippen LogP contribution is 2.16. The molecule has 0 aliphatic heterocycles. The second-order valence-electron chi connectivity index (χ2n) is 2.92. The molecule has 2 nitrogen and oxygen atoms in total. The average Bonchev–Trinajstić information content (AvgIpc) is 2.10. The number of nitrogens with one attached hydrogen (secondary N) is 1. The van der Waals surface area contributed by atoms with Gasteiger partial charge in [-0.1, -0.05) is 23.7 Å². The van der Waals surface area contributed by atoms with Gasteiger partial charge in [0.1, 0.15) is 0 Å². The Morgan fingerprint density at radius 1 is 1.54 bits per heavy atom. The van der Waals surface area contributed by atoms with Crippen molar-refractivity contribution in [3.05, 3.63) is 34.3 Å². The van der Waals surface area contributed by atoms with Crippen LogP contribution in [0.1, 0.15) is 15.9 Å². The van der Waals surface area contributed by atoms with Crippen LogP contribution in [0.2, 0.25) is 5.02 Å². The van der Waals surface area contributed by atoms with Crippen molar-refractivity contribution in [1.82, 2.24) is 5.32 Å². The fourth-order valence-corrected chi connectivity index (χ4v) is 1.21. The molecule has 0 fully saturated rings. The summed E-state index contributed by atoms with van der Waals surface area (Å²) < 4.78 is 0. The Labute approximate surface area is 82.9 Å². The molecule has 3 heteroatoms. The molecule has 1 aromatic carbocycles. The molecule has 70 valence electrons. The quantitative estimate of drug-likeness (QED) is 0.752. The third-order valence-electron chi connectivity index (χ3n) is 1.83. The minimum atomic E-state index is 0.0596. The van der Waals surface area contributed by atoms with Gasteiger partial charge in [0, 0.05) is 10.6 Å². The maximum atomic E-state index is 11.4. The molecular formula is C10H12ClNO. The van der Waals surface area contributed by atoms with Crippen molar-refractivity contribution in [1.29, 1.82) is 0 Å². The molecule has 1 N–H and O–H groups in total. The van der Waals surface area contributed by atoms with Crippen LogP contribution in [-0.4, -0.2) is 19.4 Å². The fourth-order valence-electron chi connectivity index (χ4n) is 1.03. The van der Waals surface area contributed by atoms with E-state index in [-0.39, 0.29) is 5.78 Å². The van der Waals surface area contributed by atoms with E-state index in [0.29, 0.717) is 17.1 Å². The summed E-state index contributed by atoms with van der Waals surface area (Å²) in [5.74, 6) is 0.0596. The number of ketones is 1. The lowest BCUT2D eigenvalue weighted by atomic mass is 10.1. The lowest BCUT2D eigenvalue weighted by molar-refractivity contribution is 0.0993. The van der Waals surface area contributed by atoms with Crippen molar-refractivity contribution >= 4 is 17.4 Å². The van der Waals surface area contributed by atoms with Gasteiger partial charge in [-0.05, 0) is 25.6 Å². The van der Waals surface area contributed by atoms with Crippen molar-refractivity contribution in [3.63, 3.8) is 0 Å². The van der Waals surface area contributed by atoms with Gasteiger partial charge < -0.3 is 5.32 Å². The van der Waals surface area contributed by atoms with Gasteiger partial charge in [0.05, 0.1) is 6.54 Å². The van der Waals surface area contributed by atoms with Gasteiger partial charge in [-0.2, -0.15) is 0 Å². The number of hydrogen-bond donors (Lipinski definition) is 1. The first-order valence-corrected chi connectivity index (χ1v) is 4.47. The molecule has 13 heavy (non-hydrogen) atoms. The molecule has 1 rings (SSSR count). The van der Waals surface area contributed by atoms with Crippen molar-refractivity contribution in [2.24, 2.45) is 0 Å². The van der Waals surface area contributed by atoms with E-state index in [2.05, 4.69) is 5.32 Å². The number of carbonyl (C=O) groups excluding carboxylic acids is 1. The largest absolute Gasteiger partial charge is 0.313 e. The normalized spacial score (nSPS) is 10.1. The first kappa shape index (κ1) is 10.2. The van der Waals surface area contributed by atoms with Crippen LogP contribution in [-0.2, 0) is 0 Å². The molecule has 0 unspecified atom stereocenters. The van der Waals surface area contributed by atoms with Gasteiger partial charge in [0.15, 0.2) is 5.78 Å². The molecule has 0 saturated heterocycles. The molecule has 0 amide bonds. The highest BCUT2D eigenvalue weighted by Gasteiger charge is 2.05. The highest BCUT2D eigenvalue weighted by atomic mass is 35.5. The van der Waals surface area contributed by atoms with E-state index in [9.17, 15) is 4.79 Å². The molecule has 0 saturated carbocycles. The third kappa shape index (κ3) is 2.54. The molecule has 0 heterocycles. The van der Waals surface area contributed by atoms with E-state index in [1.807, 2.05) is 13.0 Å². The van der Waals surface area contributed by atoms with Crippen molar-refractivity contribution in [2.45, 2.75) is 6.92 Å². The van der Waals surface area contributed by atoms with Crippen molar-refractivity contribution in [3.8, 4) is 0 Å². The number of rotatable bonds is 3. The van der Waals surface area contributed by atoms with E-state index in [4.69, 9.17) is 11.6 Å². The first-order valence-electron chi connectivity index (χ1n) is 4.09. The Bertz CT molecular complexity index is 323. The number of carbonyl (C=O) groups is 1. The highest BCUT2D eigenvalue weighted by molar-refractivity contribution is 6.31. The Hall–Kier alpha value is -0.860. The molecule has 0 atom stereocenters. The zero-order valence-electron chi connectivity index (χ0n) is 7.73. The monoisotopic (exact) mass is 197 g/mol. The van der Waals surface area contributed by atoms with Gasteiger partial charge in [0.2, 0.25) is 0 Å². The Balaban J connectivity index is 2.90. The molecule has 0 radical (unpaired) electrons. The maximum Gasteiger partial charge on any atom is 0.176 e. The molecule has 0 bridgehead atoms. The Morgan fingerprint density at radius 3 is 2.77 bits per heavy atom. The predicted molar refractivity (Wildman–Crippen MR) is 54.4 cm³/mol. The average molecular weight is 198 g/mol. The van der Waals surface area contributed by atoms with Crippen LogP contribution in [0.5, 0.6) is 0 Å². The first-order chi connectivity index (χ1) is 6.15. The van der Waals surface area contributed by atoms with Gasteiger partial charge in [-0.15, -0.1) is 0 Å². The van der Waals surface area contributed by atoms with Crippen LogP contribution in [0.3, 0.4) is 0 Å². The van der Waals surface area contributed by atoms with Crippen LogP contribution in [0.25, 0.3) is 0 Å². The topological polar surface area (TPSA) is 29.1 Å². The van der Waals surface area contributed by atoms with Crippen LogP contribution >= 0.6 is 11.6 Å². The Morgan fingerprint density at radius 2 is 2.23 bits per heavy atom. The van der Waals surface area contributed by atoms with Gasteiger partial charge >= 0.3 is 0 Å². The van der Waals surface area contributed by atoms with E-state index < -0.39 is 0 Å². The van der Waals surface area contributed by atoms with E-state index in [0.717, 1.165) is 5.56 Å². The van der Waals surface area contributed by atoms with E-state index >= 15 is 0 Å². The molecular weight excluding hydrogens is 186 g/mol. The standard InChI is InChI=1S/C10H12ClNO/c1-7-3-4-8(5-9(7)11)10(13)6-12-2/h3-5,12H,6H2,1-2H3. The lowest BCUT2D eigenvalue weighted by Gasteiger charge is -2.02. The van der Waals surface area contributed by atoms with E-state index in [1.165, 1.54) is 0 Å². The summed E-state index contributed by atoms with van der Waals surface area (Å²) in [5, 5.41) is 3.45. The van der Waals surface area contributed by atoms with Crippen LogP contribution in [0.15, 0.2) is 18.2 Å². The zero-order chi connectivity index (χ0) is 9.84. The van der Waals surface area contributed by atoms with Crippen LogP contribution in [0.4, 0.5) is 0 Å². The summed E-state index contributed by atoms with van der Waals surface area (Å²) in [6, 6.07) is 5.35. The molecule has 0 aromatic heterocycles. The summed E-state index contributed by atoms with van der Waals surface area (Å²) in [5.41, 5.74) is 1.65. The second-order valence-corrected chi connectivity index (χ2v) is 3.32. The summed E-state index contributed by atoms with van der Waals surface area (Å²) >= 11 is 5.89. The fraction of sp³-hybridized carbons (Fsp3) is 0.300. The minimum Gasteiger partial charge on any atom is -0.313 e. The smallest absolute Gasteiger partial charge is 0.176 e. The van der Waals surface area contributed by atoms with Crippen LogP contribution < -0.4 is 5.32 Å². The van der Waals surface area contributed by atoms with Crippen molar-refractivity contribution < 1.29 is 4.79 Å². The number of Topliss-reactive ketones (excluding diaryl/α,β-unsaturated/α-hetero) is 1. The maximum absolute atomic E-state index is 11.4. The number of halogens is 1. The van der Waals surface area contributed by atoms with Crippen LogP contribution in [0, 0.1) is 6.92 Å². The van der Waals surface area contributed by atoms with Gasteiger partial charge in [-0.3, -0.25) is 4.79 Å². The number of aryl methyl sites for hydroxylation is 1. The second kappa shape index (κ2) is 4.40. The lowest BCUT2D eigenvalue weighted by Crippen LogP contribution is -2.18. The molecule has 1 aromatic rings. The molecule has 0 aliphatic rings. The Kier molecular flexibility index (Phi) is 3.46. The third-order valence-corrected chi connectivity index (χ3v) is 2.24. The minimum absolute atomic E-state index is 0.0596. The summed E-state index contributed by atoms with van der Waals surface area (Å²) in [7, 11) is 1.74. The summed E-state index contributed by atoms with van der Waals surface area (Å²) in [6.45, 7) is 2.26. The zero-order valence-corrected chi connectivity index (χ0v) is 8.48. The number of benzene rings is 1. The molecule has 0 spiro atoms. The van der Waals surface area contributed by atoms with Gasteiger partial charge in [0.25, 0.3) is 0 Å². The summed E-state index contributed by atoms with van der Waals surface area (Å²) in [4.78, 5) is 11.4. The molecule has 0 aliphatic carbocycles. The van der Waals surface area contributed by atoms with Gasteiger partial charge in [-0.25, -0.2) is 0 Å². The summed E-state index contributed by atoms with van der Waals surface area (Å²) in [6.07, 6.45) is 0. The number of likely N-dealkylation sites (N-methyl/N-ethyl adjacent to an activating group) is 1. The van der Waals surface area contributed by atoms with E-state index in [1.54, 1.807) is 19.2 Å². The van der Waals surface area contributed by atoms with Crippen molar-refractivity contribution in [2.75, 3.05) is 13.6 Å².